The number of carbonyl (C=O) groups is 2. The van der Waals surface area contributed by atoms with Crippen LogP contribution in [0.25, 0.3) is 10.9 Å². The maximum absolute atomic E-state index is 16.1. The molecule has 4 aromatic rings. The van der Waals surface area contributed by atoms with Crippen molar-refractivity contribution in [2.45, 2.75) is 36.9 Å². The zero-order chi connectivity index (χ0) is 28.9. The van der Waals surface area contributed by atoms with Crippen molar-refractivity contribution in [3.05, 3.63) is 87.2 Å². The minimum Gasteiger partial charge on any atom is -0.478 e. The van der Waals surface area contributed by atoms with Gasteiger partial charge in [0.1, 0.15) is 18.0 Å². The van der Waals surface area contributed by atoms with Crippen molar-refractivity contribution in [1.29, 1.82) is 0 Å². The predicted octanol–water partition coefficient (Wildman–Crippen LogP) is 5.91. The highest BCUT2D eigenvalue weighted by atomic mass is 35.5. The molecule has 11 heteroatoms. The average Bonchev–Trinajstić information content (AvgIpc) is 3.63. The first kappa shape index (κ1) is 26.0. The Kier molecular flexibility index (Phi) is 5.68. The molecule has 8 rings (SSSR count). The normalized spacial score (nSPS) is 26.5. The lowest BCUT2D eigenvalue weighted by Gasteiger charge is -2.40. The van der Waals surface area contributed by atoms with E-state index in [1.54, 1.807) is 41.1 Å². The van der Waals surface area contributed by atoms with Crippen LogP contribution in [-0.4, -0.2) is 50.9 Å². The summed E-state index contributed by atoms with van der Waals surface area (Å²) in [5.41, 5.74) is 1.24. The Labute approximate surface area is 250 Å². The molecule has 8 nitrogen and oxygen atoms in total. The van der Waals surface area contributed by atoms with E-state index in [2.05, 4.69) is 10.2 Å². The molecule has 1 saturated heterocycles. The first-order chi connectivity index (χ1) is 20.3. The highest BCUT2D eigenvalue weighted by Gasteiger charge is 2.68. The number of fused-ring (bicyclic) bond motifs is 6. The number of anilines is 1. The second-order valence-corrected chi connectivity index (χ2v) is 12.5. The molecular weight excluding hydrogens is 582 g/mol. The summed E-state index contributed by atoms with van der Waals surface area (Å²) in [6, 6.07) is 14.8. The predicted molar refractivity (Wildman–Crippen MR) is 155 cm³/mol. The van der Waals surface area contributed by atoms with Gasteiger partial charge in [-0.3, -0.25) is 9.69 Å². The van der Waals surface area contributed by atoms with Crippen LogP contribution in [0.4, 0.5) is 10.1 Å². The molecule has 3 aliphatic heterocycles. The molecule has 4 heterocycles. The number of halogens is 3. The van der Waals surface area contributed by atoms with Crippen LogP contribution >= 0.6 is 23.2 Å². The van der Waals surface area contributed by atoms with Crippen LogP contribution in [0.5, 0.6) is 5.88 Å². The Morgan fingerprint density at radius 2 is 2.00 bits per heavy atom. The molecule has 4 atom stereocenters. The van der Waals surface area contributed by atoms with E-state index < -0.39 is 23.2 Å². The number of amides is 1. The van der Waals surface area contributed by atoms with E-state index in [1.807, 2.05) is 6.07 Å². The number of likely N-dealkylation sites (tertiary alicyclic amines) is 1. The topological polar surface area (TPSA) is 96.7 Å². The van der Waals surface area contributed by atoms with Crippen LogP contribution in [0.3, 0.4) is 0 Å². The quantitative estimate of drug-likeness (QED) is 0.299. The van der Waals surface area contributed by atoms with E-state index in [-0.39, 0.29) is 35.1 Å². The van der Waals surface area contributed by atoms with Crippen LogP contribution in [0.1, 0.15) is 40.2 Å². The minimum absolute atomic E-state index is 0.00818. The summed E-state index contributed by atoms with van der Waals surface area (Å²) in [4.78, 5) is 28.3. The van der Waals surface area contributed by atoms with Crippen molar-refractivity contribution in [3.63, 3.8) is 0 Å². The van der Waals surface area contributed by atoms with Gasteiger partial charge in [-0.15, -0.1) is 0 Å². The van der Waals surface area contributed by atoms with Gasteiger partial charge in [-0.2, -0.15) is 5.10 Å². The second-order valence-electron chi connectivity index (χ2n) is 11.7. The van der Waals surface area contributed by atoms with E-state index in [9.17, 15) is 14.7 Å². The largest absolute Gasteiger partial charge is 0.478 e. The third kappa shape index (κ3) is 3.60. The fourth-order valence-corrected chi connectivity index (χ4v) is 7.84. The van der Waals surface area contributed by atoms with Crippen molar-refractivity contribution >= 4 is 51.7 Å². The molecule has 4 aliphatic rings. The standard InChI is InChI=1S/C31H25Cl2FN4O4/c32-17-7-8-21-24(11-17)35-30(41)31(21)26(18-2-1-3-22(33)27(18)34)20-13-38-28(42-14-25(20)37(31)12-15-4-5-15)19-10-16(29(39)40)6-9-23(19)36-38/h1-3,6-11,15,20,25-26H,4-5,12-14H2,(H,35,41)(H,39,40)/t20-,25+,26+,31-/m1/s1. The number of aromatic nitrogens is 2. The fourth-order valence-electron chi connectivity index (χ4n) is 7.49. The Hall–Kier alpha value is -3.66. The van der Waals surface area contributed by atoms with E-state index in [0.717, 1.165) is 18.4 Å². The zero-order valence-corrected chi connectivity index (χ0v) is 23.7. The van der Waals surface area contributed by atoms with Gasteiger partial charge < -0.3 is 15.2 Å². The highest BCUT2D eigenvalue weighted by molar-refractivity contribution is 6.31. The third-order valence-corrected chi connectivity index (χ3v) is 9.92. The van der Waals surface area contributed by atoms with E-state index >= 15 is 4.39 Å². The number of hydrogen-bond acceptors (Lipinski definition) is 5. The molecule has 1 amide bonds. The van der Waals surface area contributed by atoms with Crippen molar-refractivity contribution < 1.29 is 23.8 Å². The van der Waals surface area contributed by atoms with Gasteiger partial charge in [0.2, 0.25) is 11.8 Å². The number of carbonyl (C=O) groups excluding carboxylic acids is 1. The van der Waals surface area contributed by atoms with Gasteiger partial charge >= 0.3 is 5.97 Å². The molecule has 214 valence electrons. The van der Waals surface area contributed by atoms with E-state index in [0.29, 0.717) is 52.1 Å². The molecule has 2 fully saturated rings. The van der Waals surface area contributed by atoms with Gasteiger partial charge in [0.05, 0.1) is 27.5 Å². The van der Waals surface area contributed by atoms with Crippen LogP contribution in [0.15, 0.2) is 54.6 Å². The smallest absolute Gasteiger partial charge is 0.335 e. The van der Waals surface area contributed by atoms with Gasteiger partial charge in [0.25, 0.3) is 0 Å². The lowest BCUT2D eigenvalue weighted by atomic mass is 9.71. The van der Waals surface area contributed by atoms with Crippen LogP contribution in [0, 0.1) is 17.7 Å². The molecule has 42 heavy (non-hydrogen) atoms. The number of aromatic carboxylic acids is 1. The maximum atomic E-state index is 16.1. The Morgan fingerprint density at radius 1 is 1.17 bits per heavy atom. The first-order valence-corrected chi connectivity index (χ1v) is 14.7. The number of nitrogens with one attached hydrogen (secondary N) is 1. The number of benzene rings is 3. The lowest BCUT2D eigenvalue weighted by Crippen LogP contribution is -2.53. The number of carboxylic acids is 1. The average molecular weight is 607 g/mol. The number of rotatable bonds is 4. The van der Waals surface area contributed by atoms with Crippen LogP contribution in [-0.2, 0) is 16.9 Å². The Balaban J connectivity index is 1.36. The molecule has 0 radical (unpaired) electrons. The molecule has 2 N–H and O–H groups in total. The third-order valence-electron chi connectivity index (χ3n) is 9.39. The maximum Gasteiger partial charge on any atom is 0.335 e. The Morgan fingerprint density at radius 3 is 2.79 bits per heavy atom. The van der Waals surface area contributed by atoms with Gasteiger partial charge in [-0.1, -0.05) is 41.4 Å². The van der Waals surface area contributed by atoms with E-state index in [4.69, 9.17) is 33.0 Å². The highest BCUT2D eigenvalue weighted by Crippen LogP contribution is 2.61. The number of carboxylic acid groups (broad SMARTS) is 1. The van der Waals surface area contributed by atoms with Crippen LogP contribution < -0.4 is 10.1 Å². The molecule has 1 spiro atoms. The molecule has 1 aliphatic carbocycles. The fraction of sp³-hybridized carbons (Fsp3) is 0.323. The summed E-state index contributed by atoms with van der Waals surface area (Å²) in [6.45, 7) is 1.18. The summed E-state index contributed by atoms with van der Waals surface area (Å²) in [5.74, 6) is -1.88. The summed E-state index contributed by atoms with van der Waals surface area (Å²) < 4.78 is 24.3. The first-order valence-electron chi connectivity index (χ1n) is 14.0. The SMILES string of the molecule is O=C(O)c1ccc2nn3c(c2c1)OC[C@H]1[C@@H](C3)[C@H](c2cccc(Cl)c2F)[C@]2(C(=O)Nc3cc(Cl)ccc32)N1CC1CC1. The van der Waals surface area contributed by atoms with E-state index in [1.165, 1.54) is 12.1 Å². The Bertz CT molecular complexity index is 1820. The minimum atomic E-state index is -1.23. The van der Waals surface area contributed by atoms with Crippen molar-refractivity contribution in [3.8, 4) is 5.88 Å². The van der Waals surface area contributed by atoms with Crippen molar-refractivity contribution in [1.82, 2.24) is 14.7 Å². The van der Waals surface area contributed by atoms with Gasteiger partial charge in [-0.05, 0) is 60.7 Å². The summed E-state index contributed by atoms with van der Waals surface area (Å²) >= 11 is 12.7. The molecule has 3 aromatic carbocycles. The van der Waals surface area contributed by atoms with Crippen LogP contribution in [0.2, 0.25) is 10.0 Å². The number of ether oxygens (including phenoxy) is 1. The molecule has 1 saturated carbocycles. The zero-order valence-electron chi connectivity index (χ0n) is 22.2. The monoisotopic (exact) mass is 606 g/mol. The molecular formula is C31H25Cl2FN4O4. The van der Waals surface area contributed by atoms with Gasteiger partial charge in [0.15, 0.2) is 0 Å². The summed E-state index contributed by atoms with van der Waals surface area (Å²) in [6.07, 6.45) is 2.11. The molecule has 0 unspecified atom stereocenters. The molecule has 1 aromatic heterocycles. The van der Waals surface area contributed by atoms with Crippen molar-refractivity contribution in [2.24, 2.45) is 11.8 Å². The summed E-state index contributed by atoms with van der Waals surface area (Å²) in [7, 11) is 0. The summed E-state index contributed by atoms with van der Waals surface area (Å²) in [5, 5.41) is 18.5. The second kappa shape index (κ2) is 9.17. The lowest BCUT2D eigenvalue weighted by molar-refractivity contribution is -0.128. The van der Waals surface area contributed by atoms with Gasteiger partial charge in [-0.25, -0.2) is 13.9 Å². The van der Waals surface area contributed by atoms with Crippen molar-refractivity contribution in [2.75, 3.05) is 18.5 Å². The van der Waals surface area contributed by atoms with Gasteiger partial charge in [0, 0.05) is 41.2 Å². The number of nitrogens with zero attached hydrogens (tertiary/aromatic N) is 3. The number of hydrogen-bond donors (Lipinski definition) is 2. The molecule has 0 bridgehead atoms.